The predicted octanol–water partition coefficient (Wildman–Crippen LogP) is 6.39. The Labute approximate surface area is 182 Å². The summed E-state index contributed by atoms with van der Waals surface area (Å²) in [5.74, 6) is -0.106. The van der Waals surface area contributed by atoms with Crippen LogP contribution in [0.2, 0.25) is 0 Å². The number of benzene rings is 3. The fraction of sp³-hybridized carbons (Fsp3) is 0.208. The second-order valence-corrected chi connectivity index (χ2v) is 8.93. The summed E-state index contributed by atoms with van der Waals surface area (Å²) in [6, 6.07) is 26.9. The van der Waals surface area contributed by atoms with Crippen molar-refractivity contribution in [3.63, 3.8) is 0 Å². The summed E-state index contributed by atoms with van der Waals surface area (Å²) in [7, 11) is -3.85. The van der Waals surface area contributed by atoms with Crippen molar-refractivity contribution >= 4 is 13.7 Å². The smallest absolute Gasteiger partial charge is 0.445 e. The van der Waals surface area contributed by atoms with E-state index < -0.39 is 19.5 Å². The lowest BCUT2D eigenvalue weighted by molar-refractivity contribution is 0.137. The average molecular weight is 439 g/mol. The molecule has 0 unspecified atom stereocenters. The Bertz CT molecular complexity index is 937. The van der Waals surface area contributed by atoms with Gasteiger partial charge in [0, 0.05) is 0 Å². The zero-order valence-electron chi connectivity index (χ0n) is 17.3. The van der Waals surface area contributed by atoms with Crippen LogP contribution in [0.15, 0.2) is 91.0 Å². The van der Waals surface area contributed by atoms with E-state index in [1.54, 1.807) is 48.5 Å². The molecule has 0 saturated heterocycles. The fourth-order valence-corrected chi connectivity index (χ4v) is 4.85. The molecular formula is C24H26NO5P. The topological polar surface area (TPSA) is 73.9 Å². The number of alkyl carbamates (subject to hydrolysis) is 1. The van der Waals surface area contributed by atoms with E-state index in [0.717, 1.165) is 5.56 Å². The Balaban J connectivity index is 1.78. The van der Waals surface area contributed by atoms with Crippen LogP contribution in [0.5, 0.6) is 11.5 Å². The lowest BCUT2D eigenvalue weighted by Gasteiger charge is -2.27. The minimum absolute atomic E-state index is 0.106. The Kier molecular flexibility index (Phi) is 8.13. The molecule has 0 spiro atoms. The van der Waals surface area contributed by atoms with Gasteiger partial charge in [0.15, 0.2) is 5.78 Å². The third-order valence-corrected chi connectivity index (χ3v) is 6.47. The molecule has 0 aliphatic rings. The summed E-state index contributed by atoms with van der Waals surface area (Å²) >= 11 is 0. The molecule has 1 N–H and O–H groups in total. The zero-order valence-corrected chi connectivity index (χ0v) is 18.2. The highest BCUT2D eigenvalue weighted by atomic mass is 31.2. The number of ether oxygens (including phenoxy) is 1. The van der Waals surface area contributed by atoms with Crippen molar-refractivity contribution < 1.29 is 23.1 Å². The van der Waals surface area contributed by atoms with E-state index in [1.165, 1.54) is 0 Å². The zero-order chi connectivity index (χ0) is 21.9. The molecule has 0 aromatic heterocycles. The molecule has 0 radical (unpaired) electrons. The minimum atomic E-state index is -3.85. The van der Waals surface area contributed by atoms with Crippen molar-refractivity contribution in [3.8, 4) is 11.5 Å². The van der Waals surface area contributed by atoms with Gasteiger partial charge in [-0.1, -0.05) is 80.1 Å². The van der Waals surface area contributed by atoms with Gasteiger partial charge < -0.3 is 19.1 Å². The van der Waals surface area contributed by atoms with Crippen LogP contribution >= 0.6 is 7.60 Å². The van der Waals surface area contributed by atoms with Gasteiger partial charge in [0.25, 0.3) is 0 Å². The van der Waals surface area contributed by atoms with Crippen molar-refractivity contribution in [1.29, 1.82) is 0 Å². The summed E-state index contributed by atoms with van der Waals surface area (Å²) < 4.78 is 31.0. The van der Waals surface area contributed by atoms with E-state index in [1.807, 2.05) is 49.4 Å². The van der Waals surface area contributed by atoms with Crippen molar-refractivity contribution in [2.24, 2.45) is 0 Å². The first kappa shape index (κ1) is 22.4. The largest absolute Gasteiger partial charge is 0.453 e. The molecule has 3 aromatic rings. The van der Waals surface area contributed by atoms with Gasteiger partial charge in [0.1, 0.15) is 18.1 Å². The van der Waals surface area contributed by atoms with Gasteiger partial charge in [-0.15, -0.1) is 0 Å². The van der Waals surface area contributed by atoms with Gasteiger partial charge in [-0.3, -0.25) is 0 Å². The maximum atomic E-state index is 13.9. The standard InChI is InChI=1S/C24H26NO5P/c1-2-12-23(25-24(26)28-19-20-13-6-3-7-14-20)31(27,29-21-15-8-4-9-16-21)30-22-17-10-5-11-18-22/h3-11,13-18,23H,2,12,19H2,1H3,(H,25,26)/t23-/m0/s1. The Morgan fingerprint density at radius 2 is 1.32 bits per heavy atom. The normalized spacial score (nSPS) is 11.9. The Morgan fingerprint density at radius 1 is 0.839 bits per heavy atom. The molecule has 7 heteroatoms. The van der Waals surface area contributed by atoms with Crippen LogP contribution in [0.1, 0.15) is 25.3 Å². The number of hydrogen-bond acceptors (Lipinski definition) is 5. The van der Waals surface area contributed by atoms with Gasteiger partial charge in [-0.25, -0.2) is 9.36 Å². The minimum Gasteiger partial charge on any atom is -0.445 e. The molecule has 0 saturated carbocycles. The van der Waals surface area contributed by atoms with Gasteiger partial charge in [0.2, 0.25) is 0 Å². The first-order valence-electron chi connectivity index (χ1n) is 10.2. The molecule has 0 aliphatic carbocycles. The van der Waals surface area contributed by atoms with Crippen LogP contribution < -0.4 is 14.4 Å². The Hall–Kier alpha value is -3.24. The molecule has 1 atom stereocenters. The molecule has 3 rings (SSSR count). The summed E-state index contributed by atoms with van der Waals surface area (Å²) in [5.41, 5.74) is 0.856. The van der Waals surface area contributed by atoms with E-state index in [9.17, 15) is 9.36 Å². The van der Waals surface area contributed by atoms with Crippen LogP contribution in [0.3, 0.4) is 0 Å². The van der Waals surface area contributed by atoms with Crippen LogP contribution in [-0.4, -0.2) is 11.9 Å². The number of nitrogens with one attached hydrogen (secondary N) is 1. The molecule has 0 fully saturated rings. The molecule has 162 valence electrons. The van der Waals surface area contributed by atoms with Gasteiger partial charge in [0.05, 0.1) is 0 Å². The number of amides is 1. The average Bonchev–Trinajstić information content (AvgIpc) is 2.79. The van der Waals surface area contributed by atoms with E-state index in [-0.39, 0.29) is 6.61 Å². The maximum Gasteiger partial charge on any atom is 0.453 e. The van der Waals surface area contributed by atoms with Gasteiger partial charge >= 0.3 is 13.7 Å². The van der Waals surface area contributed by atoms with E-state index in [4.69, 9.17) is 13.8 Å². The second-order valence-electron chi connectivity index (χ2n) is 6.86. The highest BCUT2D eigenvalue weighted by Gasteiger charge is 2.40. The van der Waals surface area contributed by atoms with Crippen LogP contribution in [-0.2, 0) is 15.9 Å². The van der Waals surface area contributed by atoms with E-state index in [2.05, 4.69) is 5.32 Å². The first-order valence-corrected chi connectivity index (χ1v) is 11.8. The van der Waals surface area contributed by atoms with Crippen molar-refractivity contribution in [3.05, 3.63) is 96.6 Å². The van der Waals surface area contributed by atoms with E-state index >= 15 is 0 Å². The van der Waals surface area contributed by atoms with Crippen molar-refractivity contribution in [1.82, 2.24) is 5.32 Å². The number of carbonyl (C=O) groups is 1. The molecule has 6 nitrogen and oxygen atoms in total. The third-order valence-electron chi connectivity index (χ3n) is 4.39. The van der Waals surface area contributed by atoms with Gasteiger partial charge in [-0.2, -0.15) is 0 Å². The van der Waals surface area contributed by atoms with Crippen LogP contribution in [0, 0.1) is 0 Å². The quantitative estimate of drug-likeness (QED) is 0.371. The summed E-state index contributed by atoms with van der Waals surface area (Å²) in [4.78, 5) is 12.5. The van der Waals surface area contributed by atoms with Crippen molar-refractivity contribution in [2.45, 2.75) is 32.2 Å². The highest BCUT2D eigenvalue weighted by molar-refractivity contribution is 7.55. The second kappa shape index (κ2) is 11.2. The molecule has 0 aliphatic heterocycles. The third kappa shape index (κ3) is 6.90. The lowest BCUT2D eigenvalue weighted by atomic mass is 10.2. The maximum absolute atomic E-state index is 13.9. The molecule has 3 aromatic carbocycles. The number of hydrogen-bond donors (Lipinski definition) is 1. The number of para-hydroxylation sites is 2. The van der Waals surface area contributed by atoms with Crippen LogP contribution in [0.4, 0.5) is 4.79 Å². The molecule has 1 amide bonds. The van der Waals surface area contributed by atoms with Crippen molar-refractivity contribution in [2.75, 3.05) is 0 Å². The number of carbonyl (C=O) groups excluding carboxylic acids is 1. The monoisotopic (exact) mass is 439 g/mol. The van der Waals surface area contributed by atoms with E-state index in [0.29, 0.717) is 24.3 Å². The fourth-order valence-electron chi connectivity index (χ4n) is 2.89. The lowest BCUT2D eigenvalue weighted by Crippen LogP contribution is -2.37. The molecule has 0 bridgehead atoms. The van der Waals surface area contributed by atoms with Gasteiger partial charge in [-0.05, 0) is 36.2 Å². The Morgan fingerprint density at radius 3 is 1.81 bits per heavy atom. The molecule has 31 heavy (non-hydrogen) atoms. The summed E-state index contributed by atoms with van der Waals surface area (Å²) in [6.07, 6.45) is 0.359. The van der Waals surface area contributed by atoms with Crippen LogP contribution in [0.25, 0.3) is 0 Å². The first-order chi connectivity index (χ1) is 15.1. The predicted molar refractivity (Wildman–Crippen MR) is 120 cm³/mol. The SMILES string of the molecule is CCC[C@@H](NC(=O)OCc1ccccc1)P(=O)(Oc1ccccc1)Oc1ccccc1. The molecule has 0 heterocycles. The summed E-state index contributed by atoms with van der Waals surface area (Å²) in [5, 5.41) is 2.70. The summed E-state index contributed by atoms with van der Waals surface area (Å²) in [6.45, 7) is 2.04. The highest BCUT2D eigenvalue weighted by Crippen LogP contribution is 2.53. The molecular weight excluding hydrogens is 413 g/mol. The number of rotatable bonds is 10.